The van der Waals surface area contributed by atoms with Crippen LogP contribution in [0.15, 0.2) is 54.6 Å². The van der Waals surface area contributed by atoms with E-state index in [4.69, 9.17) is 0 Å². The Morgan fingerprint density at radius 3 is 2.41 bits per heavy atom. The molecule has 0 aromatic heterocycles. The Bertz CT molecular complexity index is 729. The molecule has 1 fully saturated rings. The average molecular weight is 369 g/mol. The molecule has 27 heavy (non-hydrogen) atoms. The van der Waals surface area contributed by atoms with E-state index < -0.39 is 0 Å². The zero-order valence-electron chi connectivity index (χ0n) is 15.9. The number of rotatable bonds is 7. The smallest absolute Gasteiger partial charge is 0.220 e. The molecule has 0 bridgehead atoms. The lowest BCUT2D eigenvalue weighted by atomic mass is 10.0. The highest BCUT2D eigenvalue weighted by Crippen LogP contribution is 2.21. The van der Waals surface area contributed by atoms with E-state index in [0.717, 1.165) is 26.2 Å². The van der Waals surface area contributed by atoms with E-state index in [-0.39, 0.29) is 17.8 Å². The lowest BCUT2D eigenvalue weighted by Gasteiger charge is -2.38. The molecule has 2 aromatic carbocycles. The van der Waals surface area contributed by atoms with Crippen LogP contribution in [-0.2, 0) is 11.2 Å². The summed E-state index contributed by atoms with van der Waals surface area (Å²) >= 11 is 0. The Morgan fingerprint density at radius 2 is 1.70 bits per heavy atom. The molecule has 1 unspecified atom stereocenters. The maximum Gasteiger partial charge on any atom is 0.220 e. The van der Waals surface area contributed by atoms with Crippen LogP contribution < -0.4 is 5.32 Å². The molecule has 144 valence electrons. The largest absolute Gasteiger partial charge is 0.354 e. The third-order valence-electron chi connectivity index (χ3n) is 5.23. The monoisotopic (exact) mass is 369 g/mol. The molecule has 1 aliphatic heterocycles. The van der Waals surface area contributed by atoms with E-state index >= 15 is 0 Å². The Balaban J connectivity index is 1.57. The highest BCUT2D eigenvalue weighted by molar-refractivity contribution is 5.76. The number of nitrogens with zero attached hydrogens (tertiary/aromatic N) is 2. The second kappa shape index (κ2) is 9.62. The Labute approximate surface area is 161 Å². The van der Waals surface area contributed by atoms with Crippen LogP contribution in [0.5, 0.6) is 0 Å². The summed E-state index contributed by atoms with van der Waals surface area (Å²) in [5.74, 6) is -0.279. The Kier molecular flexibility index (Phi) is 6.96. The van der Waals surface area contributed by atoms with Gasteiger partial charge < -0.3 is 10.2 Å². The molecule has 4 nitrogen and oxygen atoms in total. The van der Waals surface area contributed by atoms with E-state index in [9.17, 15) is 9.18 Å². The summed E-state index contributed by atoms with van der Waals surface area (Å²) < 4.78 is 13.7. The molecule has 1 aliphatic rings. The fourth-order valence-corrected chi connectivity index (χ4v) is 3.51. The Hall–Kier alpha value is -2.24. The van der Waals surface area contributed by atoms with Crippen molar-refractivity contribution >= 4 is 5.91 Å². The van der Waals surface area contributed by atoms with E-state index in [1.165, 1.54) is 11.6 Å². The maximum atomic E-state index is 13.7. The van der Waals surface area contributed by atoms with Crippen molar-refractivity contribution in [2.45, 2.75) is 18.9 Å². The topological polar surface area (TPSA) is 35.6 Å². The van der Waals surface area contributed by atoms with Crippen molar-refractivity contribution < 1.29 is 9.18 Å². The molecule has 1 atom stereocenters. The summed E-state index contributed by atoms with van der Waals surface area (Å²) in [6.07, 6.45) is 0.716. The summed E-state index contributed by atoms with van der Waals surface area (Å²) in [7, 11) is 2.14. The lowest BCUT2D eigenvalue weighted by Crippen LogP contribution is -2.48. The fraction of sp³-hybridized carbons (Fsp3) is 0.409. The van der Waals surface area contributed by atoms with Gasteiger partial charge in [-0.1, -0.05) is 48.5 Å². The van der Waals surface area contributed by atoms with Crippen molar-refractivity contribution in [2.24, 2.45) is 0 Å². The molecule has 1 amide bonds. The number of halogens is 1. The number of aryl methyl sites for hydroxylation is 1. The number of carbonyl (C=O) groups is 1. The van der Waals surface area contributed by atoms with Crippen LogP contribution in [0.1, 0.15) is 23.6 Å². The predicted octanol–water partition coefficient (Wildman–Crippen LogP) is 2.86. The summed E-state index contributed by atoms with van der Waals surface area (Å²) in [5, 5.41) is 3.06. The molecular weight excluding hydrogens is 341 g/mol. The minimum absolute atomic E-state index is 0.0340. The predicted molar refractivity (Wildman–Crippen MR) is 106 cm³/mol. The van der Waals surface area contributed by atoms with Gasteiger partial charge >= 0.3 is 0 Å². The van der Waals surface area contributed by atoms with E-state index in [0.29, 0.717) is 24.9 Å². The maximum absolute atomic E-state index is 13.7. The molecular formula is C22H28FN3O. The van der Waals surface area contributed by atoms with Crippen molar-refractivity contribution in [2.75, 3.05) is 39.8 Å². The zero-order valence-corrected chi connectivity index (χ0v) is 15.9. The molecule has 1 N–H and O–H groups in total. The summed E-state index contributed by atoms with van der Waals surface area (Å²) in [5.41, 5.74) is 1.81. The highest BCUT2D eigenvalue weighted by atomic mass is 19.1. The van der Waals surface area contributed by atoms with Gasteiger partial charge in [0.2, 0.25) is 5.91 Å². The molecule has 0 aliphatic carbocycles. The fourth-order valence-electron chi connectivity index (χ4n) is 3.51. The van der Waals surface area contributed by atoms with Gasteiger partial charge in [-0.15, -0.1) is 0 Å². The molecule has 2 aromatic rings. The van der Waals surface area contributed by atoms with Crippen LogP contribution in [0.2, 0.25) is 0 Å². The van der Waals surface area contributed by atoms with Gasteiger partial charge in [0.1, 0.15) is 5.82 Å². The van der Waals surface area contributed by atoms with Crippen LogP contribution in [0.4, 0.5) is 4.39 Å². The number of carbonyl (C=O) groups excluding carboxylic acids is 1. The van der Waals surface area contributed by atoms with Gasteiger partial charge in [0.05, 0.1) is 6.04 Å². The van der Waals surface area contributed by atoms with Crippen molar-refractivity contribution in [3.05, 3.63) is 71.5 Å². The van der Waals surface area contributed by atoms with Gasteiger partial charge in [-0.3, -0.25) is 9.69 Å². The third kappa shape index (κ3) is 5.62. The third-order valence-corrected chi connectivity index (χ3v) is 5.23. The van der Waals surface area contributed by atoms with E-state index in [1.54, 1.807) is 18.2 Å². The van der Waals surface area contributed by atoms with Crippen LogP contribution in [-0.4, -0.2) is 55.5 Å². The SMILES string of the molecule is CN1CCN(C(CNC(=O)CCc2ccccc2F)c2ccccc2)CC1. The molecule has 5 heteroatoms. The quantitative estimate of drug-likeness (QED) is 0.815. The number of hydrogen-bond acceptors (Lipinski definition) is 3. The van der Waals surface area contributed by atoms with Crippen molar-refractivity contribution in [3.8, 4) is 0 Å². The van der Waals surface area contributed by atoms with Gasteiger partial charge in [0.15, 0.2) is 0 Å². The van der Waals surface area contributed by atoms with Gasteiger partial charge in [0, 0.05) is 39.1 Å². The van der Waals surface area contributed by atoms with E-state index in [1.807, 2.05) is 18.2 Å². The van der Waals surface area contributed by atoms with Crippen LogP contribution in [0, 0.1) is 5.82 Å². The summed E-state index contributed by atoms with van der Waals surface area (Å²) in [6.45, 7) is 4.61. The first-order valence-electron chi connectivity index (χ1n) is 9.61. The minimum atomic E-state index is -0.245. The highest BCUT2D eigenvalue weighted by Gasteiger charge is 2.24. The molecule has 1 saturated heterocycles. The van der Waals surface area contributed by atoms with Crippen molar-refractivity contribution in [1.82, 2.24) is 15.1 Å². The van der Waals surface area contributed by atoms with Gasteiger partial charge in [-0.2, -0.15) is 0 Å². The van der Waals surface area contributed by atoms with E-state index in [2.05, 4.69) is 34.3 Å². The number of benzene rings is 2. The Morgan fingerprint density at radius 1 is 1.04 bits per heavy atom. The second-order valence-electron chi connectivity index (χ2n) is 7.16. The number of likely N-dealkylation sites (N-methyl/N-ethyl adjacent to an activating group) is 1. The van der Waals surface area contributed by atoms with Crippen molar-refractivity contribution in [1.29, 1.82) is 0 Å². The standard InChI is InChI=1S/C22H28FN3O/c1-25-13-15-26(16-14-25)21(19-8-3-2-4-9-19)17-24-22(27)12-11-18-7-5-6-10-20(18)23/h2-10,21H,11-17H2,1H3,(H,24,27). The molecule has 3 rings (SSSR count). The molecule has 0 saturated carbocycles. The van der Waals surface area contributed by atoms with Crippen molar-refractivity contribution in [3.63, 3.8) is 0 Å². The molecule has 1 heterocycles. The van der Waals surface area contributed by atoms with Crippen LogP contribution in [0.25, 0.3) is 0 Å². The first-order chi connectivity index (χ1) is 13.1. The van der Waals surface area contributed by atoms with Crippen LogP contribution >= 0.6 is 0 Å². The number of piperazine rings is 1. The summed E-state index contributed by atoms with van der Waals surface area (Å²) in [4.78, 5) is 17.1. The normalized spacial score (nSPS) is 16.8. The minimum Gasteiger partial charge on any atom is -0.354 e. The first kappa shape index (κ1) is 19.5. The van der Waals surface area contributed by atoms with Crippen LogP contribution in [0.3, 0.4) is 0 Å². The molecule has 0 spiro atoms. The number of nitrogens with one attached hydrogen (secondary N) is 1. The first-order valence-corrected chi connectivity index (χ1v) is 9.61. The number of amides is 1. The average Bonchev–Trinajstić information content (AvgIpc) is 2.69. The van der Waals surface area contributed by atoms with Gasteiger partial charge in [-0.25, -0.2) is 4.39 Å². The zero-order chi connectivity index (χ0) is 19.1. The number of hydrogen-bond donors (Lipinski definition) is 1. The van der Waals surface area contributed by atoms with Gasteiger partial charge in [-0.05, 0) is 30.7 Å². The molecule has 0 radical (unpaired) electrons. The van der Waals surface area contributed by atoms with Gasteiger partial charge in [0.25, 0.3) is 0 Å². The second-order valence-corrected chi connectivity index (χ2v) is 7.16. The lowest BCUT2D eigenvalue weighted by molar-refractivity contribution is -0.121. The summed E-state index contributed by atoms with van der Waals surface area (Å²) in [6, 6.07) is 17.1.